The van der Waals surface area contributed by atoms with E-state index in [0.29, 0.717) is 0 Å². The Bertz CT molecular complexity index is 956. The lowest BCUT2D eigenvalue weighted by atomic mass is 9.98. The van der Waals surface area contributed by atoms with Crippen molar-refractivity contribution in [2.24, 2.45) is 0 Å². The number of aromatic carboxylic acids is 1. The highest BCUT2D eigenvalue weighted by atomic mass is 32.1. The molecule has 1 aliphatic rings. The summed E-state index contributed by atoms with van der Waals surface area (Å²) in [4.78, 5) is 22.8. The normalized spacial score (nSPS) is 12.3. The molecule has 0 spiro atoms. The van der Waals surface area contributed by atoms with Crippen LogP contribution in [0.15, 0.2) is 48.5 Å². The fraction of sp³-hybridized carbons (Fsp3) is 0.111. The number of nitrogens with zero attached hydrogens (tertiary/aromatic N) is 2. The van der Waals surface area contributed by atoms with Gasteiger partial charge in [0.1, 0.15) is 6.61 Å². The summed E-state index contributed by atoms with van der Waals surface area (Å²) in [5.41, 5.74) is 4.52. The topological polar surface area (TPSA) is 101 Å². The summed E-state index contributed by atoms with van der Waals surface area (Å²) in [6.07, 6.45) is -0.694. The van der Waals surface area contributed by atoms with E-state index in [1.807, 2.05) is 36.4 Å². The number of carbonyl (C=O) groups excluding carboxylic acids is 1. The lowest BCUT2D eigenvalue weighted by Gasteiger charge is -2.13. The molecule has 8 heteroatoms. The first kappa shape index (κ1) is 16.2. The zero-order valence-electron chi connectivity index (χ0n) is 13.4. The number of hydrogen-bond acceptors (Lipinski definition) is 6. The number of carbonyl (C=O) groups is 2. The molecular formula is C18H13N3O4S. The van der Waals surface area contributed by atoms with Crippen LogP contribution in [0.4, 0.5) is 9.93 Å². The van der Waals surface area contributed by atoms with Gasteiger partial charge >= 0.3 is 12.1 Å². The highest BCUT2D eigenvalue weighted by Crippen LogP contribution is 2.44. The smallest absolute Gasteiger partial charge is 0.413 e. The van der Waals surface area contributed by atoms with Crippen molar-refractivity contribution < 1.29 is 19.4 Å². The number of benzene rings is 2. The molecule has 0 unspecified atom stereocenters. The van der Waals surface area contributed by atoms with E-state index in [-0.39, 0.29) is 22.7 Å². The molecule has 1 aliphatic carbocycles. The minimum absolute atomic E-state index is 0.0443. The van der Waals surface area contributed by atoms with Crippen LogP contribution in [0.3, 0.4) is 0 Å². The van der Waals surface area contributed by atoms with Gasteiger partial charge in [0.25, 0.3) is 0 Å². The quantitative estimate of drug-likeness (QED) is 0.731. The number of anilines is 1. The van der Waals surface area contributed by atoms with Crippen molar-refractivity contribution >= 4 is 28.5 Å². The molecule has 0 bridgehead atoms. The van der Waals surface area contributed by atoms with E-state index in [4.69, 9.17) is 9.84 Å². The van der Waals surface area contributed by atoms with Crippen LogP contribution in [-0.4, -0.2) is 34.0 Å². The van der Waals surface area contributed by atoms with Gasteiger partial charge in [-0.1, -0.05) is 59.9 Å². The summed E-state index contributed by atoms with van der Waals surface area (Å²) in [6.45, 7) is 0.171. The average molecular weight is 367 g/mol. The molecule has 7 nitrogen and oxygen atoms in total. The molecule has 1 aromatic heterocycles. The Morgan fingerprint density at radius 2 is 1.65 bits per heavy atom. The number of ether oxygens (including phenoxy) is 1. The molecule has 2 aromatic carbocycles. The van der Waals surface area contributed by atoms with Crippen molar-refractivity contribution in [3.8, 4) is 11.1 Å². The standard InChI is InChI=1S/C18H13N3O4S/c22-16(23)15-20-21-17(26-15)19-18(24)25-9-14-12-7-3-1-5-10(12)11-6-2-4-8-13(11)14/h1-8,14H,9H2,(H,22,23)(H,19,21,24). The number of amides is 1. The van der Waals surface area contributed by atoms with Crippen molar-refractivity contribution in [1.29, 1.82) is 0 Å². The van der Waals surface area contributed by atoms with E-state index < -0.39 is 12.1 Å². The Morgan fingerprint density at radius 1 is 1.04 bits per heavy atom. The van der Waals surface area contributed by atoms with E-state index in [2.05, 4.69) is 27.6 Å². The molecule has 0 saturated heterocycles. The fourth-order valence-corrected chi connectivity index (χ4v) is 3.65. The maximum atomic E-state index is 12.0. The van der Waals surface area contributed by atoms with Gasteiger partial charge in [-0.2, -0.15) is 0 Å². The number of carboxylic acid groups (broad SMARTS) is 1. The summed E-state index contributed by atoms with van der Waals surface area (Å²) in [5, 5.41) is 18.2. The monoisotopic (exact) mass is 367 g/mol. The van der Waals surface area contributed by atoms with Gasteiger partial charge < -0.3 is 9.84 Å². The zero-order valence-corrected chi connectivity index (χ0v) is 14.2. The van der Waals surface area contributed by atoms with E-state index in [0.717, 1.165) is 33.6 Å². The molecule has 130 valence electrons. The van der Waals surface area contributed by atoms with E-state index >= 15 is 0 Å². The van der Waals surface area contributed by atoms with Gasteiger partial charge in [0.2, 0.25) is 10.1 Å². The molecule has 1 heterocycles. The summed E-state index contributed by atoms with van der Waals surface area (Å²) < 4.78 is 5.35. The number of fused-ring (bicyclic) bond motifs is 3. The molecule has 4 rings (SSSR count). The first-order valence-electron chi connectivity index (χ1n) is 7.82. The molecule has 0 aliphatic heterocycles. The van der Waals surface area contributed by atoms with Gasteiger partial charge in [-0.05, 0) is 22.3 Å². The summed E-state index contributed by atoms with van der Waals surface area (Å²) in [6, 6.07) is 16.1. The highest BCUT2D eigenvalue weighted by Gasteiger charge is 2.29. The number of hydrogen-bond donors (Lipinski definition) is 2. The van der Waals surface area contributed by atoms with Gasteiger partial charge in [-0.15, -0.1) is 10.2 Å². The predicted molar refractivity (Wildman–Crippen MR) is 95.6 cm³/mol. The van der Waals surface area contributed by atoms with E-state index in [1.54, 1.807) is 0 Å². The number of nitrogens with one attached hydrogen (secondary N) is 1. The van der Waals surface area contributed by atoms with Gasteiger partial charge in [0.15, 0.2) is 0 Å². The number of carboxylic acids is 1. The predicted octanol–water partition coefficient (Wildman–Crippen LogP) is 3.60. The van der Waals surface area contributed by atoms with Gasteiger partial charge in [-0.3, -0.25) is 5.32 Å². The van der Waals surface area contributed by atoms with Crippen LogP contribution in [0.1, 0.15) is 26.8 Å². The van der Waals surface area contributed by atoms with Crippen LogP contribution >= 0.6 is 11.3 Å². The molecule has 0 fully saturated rings. The van der Waals surface area contributed by atoms with E-state index in [1.165, 1.54) is 0 Å². The van der Waals surface area contributed by atoms with Crippen molar-refractivity contribution in [2.45, 2.75) is 5.92 Å². The molecule has 26 heavy (non-hydrogen) atoms. The molecule has 0 radical (unpaired) electrons. The van der Waals surface area contributed by atoms with Crippen LogP contribution in [0.25, 0.3) is 11.1 Å². The largest absolute Gasteiger partial charge is 0.476 e. The third-order valence-corrected chi connectivity index (χ3v) is 4.99. The molecule has 0 atom stereocenters. The van der Waals surface area contributed by atoms with Crippen molar-refractivity contribution in [1.82, 2.24) is 10.2 Å². The van der Waals surface area contributed by atoms with E-state index in [9.17, 15) is 9.59 Å². The Kier molecular flexibility index (Phi) is 4.10. The summed E-state index contributed by atoms with van der Waals surface area (Å²) in [7, 11) is 0. The molecule has 3 aromatic rings. The van der Waals surface area contributed by atoms with Crippen LogP contribution < -0.4 is 5.32 Å². The molecular weight excluding hydrogens is 354 g/mol. The third kappa shape index (κ3) is 2.91. The second kappa shape index (κ2) is 6.57. The van der Waals surface area contributed by atoms with Crippen molar-refractivity contribution in [3.63, 3.8) is 0 Å². The minimum Gasteiger partial charge on any atom is -0.476 e. The summed E-state index contributed by atoms with van der Waals surface area (Å²) in [5.74, 6) is -1.24. The van der Waals surface area contributed by atoms with Crippen LogP contribution in [-0.2, 0) is 4.74 Å². The molecule has 1 amide bonds. The SMILES string of the molecule is O=C(Nc1nnc(C(=O)O)s1)OCC1c2ccccc2-c2ccccc21. The lowest BCUT2D eigenvalue weighted by molar-refractivity contribution is 0.0695. The maximum absolute atomic E-state index is 12.0. The lowest BCUT2D eigenvalue weighted by Crippen LogP contribution is -2.17. The Hall–Kier alpha value is -3.26. The highest BCUT2D eigenvalue weighted by molar-refractivity contribution is 7.17. The van der Waals surface area contributed by atoms with Crippen LogP contribution in [0.2, 0.25) is 0 Å². The van der Waals surface area contributed by atoms with Gasteiger partial charge in [0, 0.05) is 5.92 Å². The average Bonchev–Trinajstić information content (AvgIpc) is 3.23. The fourth-order valence-electron chi connectivity index (χ4n) is 3.08. The Balaban J connectivity index is 1.47. The minimum atomic E-state index is -1.19. The third-order valence-electron chi connectivity index (χ3n) is 4.16. The maximum Gasteiger partial charge on any atom is 0.413 e. The van der Waals surface area contributed by atoms with Crippen molar-refractivity contribution in [3.05, 3.63) is 64.7 Å². The van der Waals surface area contributed by atoms with Gasteiger partial charge in [0.05, 0.1) is 0 Å². The first-order valence-corrected chi connectivity index (χ1v) is 8.64. The van der Waals surface area contributed by atoms with Crippen molar-refractivity contribution in [2.75, 3.05) is 11.9 Å². The number of rotatable bonds is 4. The molecule has 2 N–H and O–H groups in total. The molecule has 0 saturated carbocycles. The van der Waals surface area contributed by atoms with Crippen LogP contribution in [0.5, 0.6) is 0 Å². The Labute approximate surface area is 152 Å². The number of aromatic nitrogens is 2. The second-order valence-electron chi connectivity index (χ2n) is 5.67. The van der Waals surface area contributed by atoms with Crippen LogP contribution in [0, 0.1) is 0 Å². The summed E-state index contributed by atoms with van der Waals surface area (Å²) >= 11 is 0.771. The first-order chi connectivity index (χ1) is 12.6. The second-order valence-corrected chi connectivity index (χ2v) is 6.65. The van der Waals surface area contributed by atoms with Gasteiger partial charge in [-0.25, -0.2) is 9.59 Å². The zero-order chi connectivity index (χ0) is 18.1. The Morgan fingerprint density at radius 3 is 2.23 bits per heavy atom.